The van der Waals surface area contributed by atoms with Crippen LogP contribution < -0.4 is 10.1 Å². The summed E-state index contributed by atoms with van der Waals surface area (Å²) < 4.78 is 13.0. The second-order valence-corrected chi connectivity index (χ2v) is 7.98. The third kappa shape index (κ3) is 4.74. The molecular weight excluding hydrogens is 462 g/mol. The summed E-state index contributed by atoms with van der Waals surface area (Å²) in [6.07, 6.45) is 3.75. The first-order chi connectivity index (χ1) is 17.5. The van der Waals surface area contributed by atoms with Gasteiger partial charge in [-0.1, -0.05) is 6.07 Å². The normalized spacial score (nSPS) is 11.0. The fourth-order valence-electron chi connectivity index (χ4n) is 3.64. The first-order valence-corrected chi connectivity index (χ1v) is 11.1. The maximum atomic E-state index is 9.37. The Morgan fingerprint density at radius 3 is 2.58 bits per heavy atom. The predicted molar refractivity (Wildman–Crippen MR) is 129 cm³/mol. The second-order valence-electron chi connectivity index (χ2n) is 7.98. The van der Waals surface area contributed by atoms with Crippen molar-refractivity contribution < 1.29 is 14.3 Å². The number of benzene rings is 1. The molecule has 0 saturated carbocycles. The number of nitrogens with one attached hydrogen (secondary N) is 1. The van der Waals surface area contributed by atoms with E-state index in [0.29, 0.717) is 34.9 Å². The lowest BCUT2D eigenvalue weighted by molar-refractivity contribution is 0.241. The Morgan fingerprint density at radius 2 is 1.89 bits per heavy atom. The molecule has 0 radical (unpaired) electrons. The fourth-order valence-corrected chi connectivity index (χ4v) is 3.64. The molecule has 36 heavy (non-hydrogen) atoms. The quantitative estimate of drug-likeness (QED) is 0.334. The number of para-hydroxylation sites is 1. The summed E-state index contributed by atoms with van der Waals surface area (Å²) in [6.45, 7) is 1.53. The number of aromatic nitrogens is 8. The molecule has 12 heteroatoms. The van der Waals surface area contributed by atoms with Crippen molar-refractivity contribution in [3.63, 3.8) is 0 Å². The molecule has 182 valence electrons. The van der Waals surface area contributed by atoms with Gasteiger partial charge in [-0.3, -0.25) is 9.67 Å². The van der Waals surface area contributed by atoms with Crippen molar-refractivity contribution in [2.45, 2.75) is 20.0 Å². The Labute approximate surface area is 206 Å². The van der Waals surface area contributed by atoms with E-state index in [1.165, 1.54) is 0 Å². The average Bonchev–Trinajstić information content (AvgIpc) is 3.54. The van der Waals surface area contributed by atoms with E-state index in [1.807, 2.05) is 43.3 Å². The number of anilines is 2. The van der Waals surface area contributed by atoms with Crippen LogP contribution in [0.3, 0.4) is 0 Å². The van der Waals surface area contributed by atoms with Crippen molar-refractivity contribution in [3.05, 3.63) is 71.9 Å². The highest BCUT2D eigenvalue weighted by molar-refractivity contribution is 5.82. The molecule has 0 amide bonds. The Kier molecular flexibility index (Phi) is 6.33. The van der Waals surface area contributed by atoms with Crippen LogP contribution in [-0.4, -0.2) is 52.4 Å². The van der Waals surface area contributed by atoms with Crippen molar-refractivity contribution in [1.82, 2.24) is 40.1 Å². The van der Waals surface area contributed by atoms with E-state index in [4.69, 9.17) is 9.15 Å². The van der Waals surface area contributed by atoms with Crippen LogP contribution in [0.15, 0.2) is 53.3 Å². The van der Waals surface area contributed by atoms with Gasteiger partial charge in [0, 0.05) is 25.4 Å². The smallest absolute Gasteiger partial charge is 0.251 e. The maximum Gasteiger partial charge on any atom is 0.251 e. The minimum Gasteiger partial charge on any atom is -0.494 e. The molecule has 4 aromatic heterocycles. The van der Waals surface area contributed by atoms with Gasteiger partial charge in [0.05, 0.1) is 41.0 Å². The largest absolute Gasteiger partial charge is 0.494 e. The molecule has 4 heterocycles. The number of aliphatic hydroxyl groups is 1. The van der Waals surface area contributed by atoms with Gasteiger partial charge in [0.15, 0.2) is 11.6 Å². The lowest BCUT2D eigenvalue weighted by Crippen LogP contribution is -2.03. The number of hydrogen-bond acceptors (Lipinski definition) is 11. The summed E-state index contributed by atoms with van der Waals surface area (Å²) >= 11 is 0. The minimum absolute atomic E-state index is 0.107. The van der Waals surface area contributed by atoms with Crippen LogP contribution in [-0.2, 0) is 20.1 Å². The summed E-state index contributed by atoms with van der Waals surface area (Å²) in [6, 6.07) is 11.4. The van der Waals surface area contributed by atoms with E-state index in [-0.39, 0.29) is 18.4 Å². The molecule has 0 aliphatic carbocycles. The monoisotopic (exact) mass is 485 g/mol. The zero-order valence-corrected chi connectivity index (χ0v) is 19.9. The van der Waals surface area contributed by atoms with E-state index in [0.717, 1.165) is 22.6 Å². The standard InChI is InChI=1S/C24H23N9O3/c1-14-7-8-15(29-28-14)9-16-10-20(18(11-25-16)24-31-30-21(12-34)36-24)27-19-6-4-5-17(22(19)35-3)23-26-13-33(2)32-23/h4-8,10-11,13,34H,9,12H2,1-3H3,(H,25,27). The third-order valence-electron chi connectivity index (χ3n) is 5.34. The maximum absolute atomic E-state index is 9.37. The summed E-state index contributed by atoms with van der Waals surface area (Å²) in [4.78, 5) is 8.92. The Morgan fingerprint density at radius 1 is 1.00 bits per heavy atom. The van der Waals surface area contributed by atoms with E-state index in [2.05, 4.69) is 40.8 Å². The zero-order chi connectivity index (χ0) is 25.1. The molecule has 0 aliphatic rings. The molecule has 1 aromatic carbocycles. The average molecular weight is 486 g/mol. The molecule has 0 aliphatic heterocycles. The number of aryl methyl sites for hydroxylation is 2. The number of methoxy groups -OCH3 is 1. The molecule has 0 bridgehead atoms. The molecule has 0 unspecified atom stereocenters. The molecule has 5 aromatic rings. The van der Waals surface area contributed by atoms with E-state index < -0.39 is 0 Å². The fraction of sp³-hybridized carbons (Fsp3) is 0.208. The van der Waals surface area contributed by atoms with Crippen molar-refractivity contribution in [3.8, 4) is 28.6 Å². The summed E-state index contributed by atoms with van der Waals surface area (Å²) in [5.41, 5.74) is 5.00. The highest BCUT2D eigenvalue weighted by Gasteiger charge is 2.19. The molecule has 0 atom stereocenters. The van der Waals surface area contributed by atoms with Crippen LogP contribution in [0.4, 0.5) is 11.4 Å². The molecule has 5 rings (SSSR count). The van der Waals surface area contributed by atoms with Gasteiger partial charge in [-0.15, -0.1) is 10.2 Å². The number of aliphatic hydroxyl groups excluding tert-OH is 1. The summed E-state index contributed by atoms with van der Waals surface area (Å²) in [5.74, 6) is 1.43. The number of pyridine rings is 1. The highest BCUT2D eigenvalue weighted by Crippen LogP contribution is 2.38. The Bertz CT molecular complexity index is 1500. The van der Waals surface area contributed by atoms with Gasteiger partial charge >= 0.3 is 0 Å². The topological polar surface area (TPSA) is 150 Å². The van der Waals surface area contributed by atoms with E-state index >= 15 is 0 Å². The SMILES string of the molecule is COc1c(Nc2cc(Cc3ccc(C)nn3)ncc2-c2nnc(CO)o2)cccc1-c1ncn(C)n1. The Hall–Kier alpha value is -4.71. The van der Waals surface area contributed by atoms with E-state index in [9.17, 15) is 5.11 Å². The van der Waals surface area contributed by atoms with Gasteiger partial charge < -0.3 is 19.6 Å². The molecule has 12 nitrogen and oxygen atoms in total. The van der Waals surface area contributed by atoms with Gasteiger partial charge in [0.25, 0.3) is 5.89 Å². The van der Waals surface area contributed by atoms with Crippen molar-refractivity contribution in [2.24, 2.45) is 7.05 Å². The van der Waals surface area contributed by atoms with Crippen LogP contribution in [0.5, 0.6) is 5.75 Å². The molecular formula is C24H23N9O3. The van der Waals surface area contributed by atoms with Gasteiger partial charge in [-0.05, 0) is 37.3 Å². The van der Waals surface area contributed by atoms with Crippen LogP contribution in [0, 0.1) is 6.92 Å². The minimum atomic E-state index is -0.361. The lowest BCUT2D eigenvalue weighted by Gasteiger charge is -2.16. The Balaban J connectivity index is 1.56. The third-order valence-corrected chi connectivity index (χ3v) is 5.34. The van der Waals surface area contributed by atoms with Crippen LogP contribution in [0.25, 0.3) is 22.8 Å². The number of nitrogens with zero attached hydrogens (tertiary/aromatic N) is 8. The first kappa shape index (κ1) is 23.1. The van der Waals surface area contributed by atoms with Crippen molar-refractivity contribution >= 4 is 11.4 Å². The zero-order valence-electron chi connectivity index (χ0n) is 19.9. The second kappa shape index (κ2) is 9.88. The number of rotatable bonds is 8. The van der Waals surface area contributed by atoms with E-state index in [1.54, 1.807) is 31.4 Å². The summed E-state index contributed by atoms with van der Waals surface area (Å²) in [5, 5.41) is 33.5. The van der Waals surface area contributed by atoms with Crippen LogP contribution >= 0.6 is 0 Å². The van der Waals surface area contributed by atoms with Gasteiger partial charge in [-0.25, -0.2) is 4.98 Å². The van der Waals surface area contributed by atoms with Gasteiger partial charge in [0.2, 0.25) is 5.89 Å². The first-order valence-electron chi connectivity index (χ1n) is 11.1. The van der Waals surface area contributed by atoms with Crippen molar-refractivity contribution in [1.29, 1.82) is 0 Å². The highest BCUT2D eigenvalue weighted by atomic mass is 16.5. The molecule has 0 fully saturated rings. The molecule has 2 N–H and O–H groups in total. The molecule has 0 spiro atoms. The lowest BCUT2D eigenvalue weighted by atomic mass is 10.1. The van der Waals surface area contributed by atoms with Crippen LogP contribution in [0.1, 0.15) is 23.0 Å². The van der Waals surface area contributed by atoms with Gasteiger partial charge in [0.1, 0.15) is 12.9 Å². The molecule has 0 saturated heterocycles. The predicted octanol–water partition coefficient (Wildman–Crippen LogP) is 2.86. The van der Waals surface area contributed by atoms with Crippen molar-refractivity contribution in [2.75, 3.05) is 12.4 Å². The van der Waals surface area contributed by atoms with Gasteiger partial charge in [-0.2, -0.15) is 15.3 Å². The number of hydrogen-bond donors (Lipinski definition) is 2. The summed E-state index contributed by atoms with van der Waals surface area (Å²) in [7, 11) is 3.40. The number of ether oxygens (including phenoxy) is 1. The van der Waals surface area contributed by atoms with Crippen LogP contribution in [0.2, 0.25) is 0 Å².